The third-order valence-corrected chi connectivity index (χ3v) is 4.91. The minimum atomic E-state index is -0.152. The summed E-state index contributed by atoms with van der Waals surface area (Å²) in [6.45, 7) is 2.20. The van der Waals surface area contributed by atoms with E-state index >= 15 is 0 Å². The molecule has 3 heterocycles. The molecule has 1 saturated heterocycles. The zero-order valence-electron chi connectivity index (χ0n) is 15.2. The highest BCUT2D eigenvalue weighted by Crippen LogP contribution is 2.18. The molecule has 0 spiro atoms. The molecule has 3 aromatic rings. The number of amides is 1. The first-order valence-electron chi connectivity index (χ1n) is 9.44. The summed E-state index contributed by atoms with van der Waals surface area (Å²) in [6, 6.07) is 11.8. The minimum Gasteiger partial charge on any atom is -0.381 e. The number of hydrogen-bond donors (Lipinski definition) is 3. The summed E-state index contributed by atoms with van der Waals surface area (Å²) in [7, 11) is 0. The standard InChI is InChI=1S/C21H24N4O2/c26-21(22-10-9-15-12-24-19-6-2-1-5-18(15)19)20-8-7-16(13-25-20)23-14-17-4-3-11-27-17/h1-2,5-8,12-13,17,23-24H,3-4,9-11,14H2,(H,22,26). The van der Waals surface area contributed by atoms with Crippen LogP contribution in [0.25, 0.3) is 10.9 Å². The lowest BCUT2D eigenvalue weighted by Crippen LogP contribution is -2.26. The SMILES string of the molecule is O=C(NCCc1c[nH]c2ccccc12)c1ccc(NCC2CCCO2)cn1. The number of aromatic nitrogens is 2. The Labute approximate surface area is 158 Å². The lowest BCUT2D eigenvalue weighted by molar-refractivity contribution is 0.0949. The van der Waals surface area contributed by atoms with E-state index in [-0.39, 0.29) is 12.0 Å². The van der Waals surface area contributed by atoms with E-state index < -0.39 is 0 Å². The van der Waals surface area contributed by atoms with Crippen LogP contribution >= 0.6 is 0 Å². The molecule has 6 heteroatoms. The molecular weight excluding hydrogens is 340 g/mol. The molecule has 6 nitrogen and oxygen atoms in total. The average molecular weight is 364 g/mol. The van der Waals surface area contributed by atoms with Crippen LogP contribution in [0.15, 0.2) is 48.8 Å². The minimum absolute atomic E-state index is 0.152. The summed E-state index contributed by atoms with van der Waals surface area (Å²) in [4.78, 5) is 19.8. The normalized spacial score (nSPS) is 16.5. The zero-order valence-corrected chi connectivity index (χ0v) is 15.2. The number of ether oxygens (including phenoxy) is 1. The quantitative estimate of drug-likeness (QED) is 0.602. The number of aromatic amines is 1. The number of H-pyrrole nitrogens is 1. The number of hydrogen-bond acceptors (Lipinski definition) is 4. The van der Waals surface area contributed by atoms with E-state index in [1.807, 2.05) is 24.4 Å². The van der Waals surface area contributed by atoms with Crippen molar-refractivity contribution in [3.05, 3.63) is 60.0 Å². The first-order valence-corrected chi connectivity index (χ1v) is 9.44. The largest absolute Gasteiger partial charge is 0.381 e. The number of carbonyl (C=O) groups excluding carboxylic acids is 1. The Balaban J connectivity index is 1.26. The third kappa shape index (κ3) is 4.28. The molecule has 0 aliphatic carbocycles. The van der Waals surface area contributed by atoms with Crippen LogP contribution in [0.4, 0.5) is 5.69 Å². The third-order valence-electron chi connectivity index (χ3n) is 4.91. The van der Waals surface area contributed by atoms with E-state index in [9.17, 15) is 4.79 Å². The van der Waals surface area contributed by atoms with Gasteiger partial charge in [-0.1, -0.05) is 18.2 Å². The van der Waals surface area contributed by atoms with Crippen LogP contribution in [0, 0.1) is 0 Å². The highest BCUT2D eigenvalue weighted by atomic mass is 16.5. The molecule has 1 aromatic carbocycles. The van der Waals surface area contributed by atoms with Crippen molar-refractivity contribution in [3.63, 3.8) is 0 Å². The van der Waals surface area contributed by atoms with Gasteiger partial charge in [-0.25, -0.2) is 4.98 Å². The van der Waals surface area contributed by atoms with Crippen LogP contribution in [-0.2, 0) is 11.2 Å². The smallest absolute Gasteiger partial charge is 0.269 e. The molecule has 1 aliphatic heterocycles. The number of carbonyl (C=O) groups is 1. The maximum absolute atomic E-state index is 12.3. The lowest BCUT2D eigenvalue weighted by Gasteiger charge is -2.11. The molecule has 1 fully saturated rings. The van der Waals surface area contributed by atoms with Crippen LogP contribution in [0.5, 0.6) is 0 Å². The average Bonchev–Trinajstić information content (AvgIpc) is 3.37. The predicted molar refractivity (Wildman–Crippen MR) is 106 cm³/mol. The number of benzene rings is 1. The fourth-order valence-corrected chi connectivity index (χ4v) is 3.41. The van der Waals surface area contributed by atoms with Crippen molar-refractivity contribution < 1.29 is 9.53 Å². The van der Waals surface area contributed by atoms with Crippen molar-refractivity contribution in [1.82, 2.24) is 15.3 Å². The van der Waals surface area contributed by atoms with Crippen molar-refractivity contribution in [2.45, 2.75) is 25.4 Å². The number of nitrogens with zero attached hydrogens (tertiary/aromatic N) is 1. The molecule has 140 valence electrons. The van der Waals surface area contributed by atoms with Gasteiger partial charge >= 0.3 is 0 Å². The molecule has 3 N–H and O–H groups in total. The number of para-hydroxylation sites is 1. The summed E-state index contributed by atoms with van der Waals surface area (Å²) in [5.41, 5.74) is 3.65. The van der Waals surface area contributed by atoms with Crippen molar-refractivity contribution in [3.8, 4) is 0 Å². The number of pyridine rings is 1. The number of anilines is 1. The molecule has 1 atom stereocenters. The van der Waals surface area contributed by atoms with Crippen LogP contribution in [0.3, 0.4) is 0 Å². The summed E-state index contributed by atoms with van der Waals surface area (Å²) in [6.07, 6.45) is 6.97. The number of fused-ring (bicyclic) bond motifs is 1. The fraction of sp³-hybridized carbons (Fsp3) is 0.333. The Hall–Kier alpha value is -2.86. The maximum Gasteiger partial charge on any atom is 0.269 e. The fourth-order valence-electron chi connectivity index (χ4n) is 3.41. The molecule has 2 aromatic heterocycles. The Bertz CT molecular complexity index is 898. The summed E-state index contributed by atoms with van der Waals surface area (Å²) >= 11 is 0. The van der Waals surface area contributed by atoms with Crippen LogP contribution < -0.4 is 10.6 Å². The lowest BCUT2D eigenvalue weighted by atomic mass is 10.1. The van der Waals surface area contributed by atoms with Crippen molar-refractivity contribution in [1.29, 1.82) is 0 Å². The van der Waals surface area contributed by atoms with E-state index in [1.165, 1.54) is 10.9 Å². The van der Waals surface area contributed by atoms with Gasteiger partial charge in [-0.15, -0.1) is 0 Å². The number of rotatable bonds is 7. The Kier molecular flexibility index (Phi) is 5.34. The second-order valence-electron chi connectivity index (χ2n) is 6.81. The molecule has 0 radical (unpaired) electrons. The van der Waals surface area contributed by atoms with Crippen LogP contribution in [-0.4, -0.2) is 41.7 Å². The highest BCUT2D eigenvalue weighted by Gasteiger charge is 2.15. The molecule has 0 bridgehead atoms. The Morgan fingerprint density at radius 1 is 1.26 bits per heavy atom. The Morgan fingerprint density at radius 2 is 2.19 bits per heavy atom. The molecule has 1 amide bonds. The monoisotopic (exact) mass is 364 g/mol. The molecule has 1 aliphatic rings. The maximum atomic E-state index is 12.3. The van der Waals surface area contributed by atoms with E-state index in [4.69, 9.17) is 4.74 Å². The molecular formula is C21H24N4O2. The van der Waals surface area contributed by atoms with Crippen LogP contribution in [0.1, 0.15) is 28.9 Å². The first kappa shape index (κ1) is 17.5. The van der Waals surface area contributed by atoms with Crippen LogP contribution in [0.2, 0.25) is 0 Å². The van der Waals surface area contributed by atoms with Crippen molar-refractivity contribution >= 4 is 22.5 Å². The van der Waals surface area contributed by atoms with Gasteiger partial charge in [0.25, 0.3) is 5.91 Å². The summed E-state index contributed by atoms with van der Waals surface area (Å²) < 4.78 is 5.59. The molecule has 4 rings (SSSR count). The van der Waals surface area contributed by atoms with Crippen molar-refractivity contribution in [2.24, 2.45) is 0 Å². The van der Waals surface area contributed by atoms with Gasteiger partial charge in [0.2, 0.25) is 0 Å². The molecule has 1 unspecified atom stereocenters. The van der Waals surface area contributed by atoms with Gasteiger partial charge in [-0.05, 0) is 43.0 Å². The van der Waals surface area contributed by atoms with Gasteiger partial charge in [0.05, 0.1) is 18.0 Å². The van der Waals surface area contributed by atoms with Gasteiger partial charge in [-0.3, -0.25) is 4.79 Å². The van der Waals surface area contributed by atoms with Gasteiger partial charge in [0, 0.05) is 36.8 Å². The molecule has 0 saturated carbocycles. The Morgan fingerprint density at radius 3 is 3.00 bits per heavy atom. The molecule has 27 heavy (non-hydrogen) atoms. The predicted octanol–water partition coefficient (Wildman–Crippen LogP) is 3.13. The first-order chi connectivity index (χ1) is 13.3. The highest BCUT2D eigenvalue weighted by molar-refractivity contribution is 5.92. The van der Waals surface area contributed by atoms with E-state index in [2.05, 4.69) is 32.7 Å². The van der Waals surface area contributed by atoms with Gasteiger partial charge in [0.15, 0.2) is 0 Å². The van der Waals surface area contributed by atoms with Gasteiger partial charge < -0.3 is 20.4 Å². The van der Waals surface area contributed by atoms with Gasteiger partial charge in [-0.2, -0.15) is 0 Å². The van der Waals surface area contributed by atoms with E-state index in [0.29, 0.717) is 12.2 Å². The summed E-state index contributed by atoms with van der Waals surface area (Å²) in [5, 5.41) is 7.45. The number of nitrogens with one attached hydrogen (secondary N) is 3. The van der Waals surface area contributed by atoms with E-state index in [0.717, 1.165) is 43.6 Å². The second-order valence-corrected chi connectivity index (χ2v) is 6.81. The van der Waals surface area contributed by atoms with E-state index in [1.54, 1.807) is 12.3 Å². The summed E-state index contributed by atoms with van der Waals surface area (Å²) in [5.74, 6) is -0.152. The second kappa shape index (κ2) is 8.22. The van der Waals surface area contributed by atoms with Crippen molar-refractivity contribution in [2.75, 3.05) is 25.0 Å². The topological polar surface area (TPSA) is 79.0 Å². The zero-order chi connectivity index (χ0) is 18.5. The van der Waals surface area contributed by atoms with Gasteiger partial charge in [0.1, 0.15) is 5.69 Å².